The summed E-state index contributed by atoms with van der Waals surface area (Å²) in [5, 5.41) is 5.23. The Labute approximate surface area is 143 Å². The van der Waals surface area contributed by atoms with Crippen molar-refractivity contribution in [1.82, 2.24) is 0 Å². The van der Waals surface area contributed by atoms with Crippen molar-refractivity contribution in [2.75, 3.05) is 18.5 Å². The Balaban J connectivity index is 1.97. The molecule has 0 saturated carbocycles. The number of anilines is 1. The molecule has 1 heterocycles. The zero-order chi connectivity index (χ0) is 16.8. The van der Waals surface area contributed by atoms with Crippen molar-refractivity contribution < 1.29 is 19.1 Å². The van der Waals surface area contributed by atoms with Crippen LogP contribution in [0, 0.1) is 6.92 Å². The molecule has 1 N–H and O–H groups in total. The molecule has 2 aromatic rings. The highest BCUT2D eigenvalue weighted by molar-refractivity contribution is 7.14. The summed E-state index contributed by atoms with van der Waals surface area (Å²) in [5.74, 6) is -0.402. The Morgan fingerprint density at radius 1 is 1.30 bits per heavy atom. The predicted octanol–water partition coefficient (Wildman–Crippen LogP) is 3.90. The van der Waals surface area contributed by atoms with Crippen LogP contribution >= 0.6 is 22.9 Å². The first kappa shape index (κ1) is 17.3. The molecule has 5 nitrogen and oxygen atoms in total. The molecule has 0 bridgehead atoms. The average molecular weight is 354 g/mol. The summed E-state index contributed by atoms with van der Waals surface area (Å²) in [6.07, 6.45) is 0. The van der Waals surface area contributed by atoms with Crippen molar-refractivity contribution in [3.8, 4) is 5.75 Å². The molecule has 0 unspecified atom stereocenters. The lowest BCUT2D eigenvalue weighted by Gasteiger charge is -2.09. The van der Waals surface area contributed by atoms with Crippen LogP contribution in [0.4, 0.5) is 5.00 Å². The van der Waals surface area contributed by atoms with Gasteiger partial charge in [-0.15, -0.1) is 11.3 Å². The van der Waals surface area contributed by atoms with Gasteiger partial charge in [-0.05, 0) is 43.0 Å². The predicted molar refractivity (Wildman–Crippen MR) is 90.6 cm³/mol. The Morgan fingerprint density at radius 2 is 2.09 bits per heavy atom. The number of esters is 1. The van der Waals surface area contributed by atoms with Gasteiger partial charge in [-0.2, -0.15) is 0 Å². The van der Waals surface area contributed by atoms with E-state index in [1.54, 1.807) is 30.5 Å². The van der Waals surface area contributed by atoms with E-state index >= 15 is 0 Å². The maximum atomic E-state index is 12.0. The van der Waals surface area contributed by atoms with Gasteiger partial charge in [0.25, 0.3) is 5.91 Å². The summed E-state index contributed by atoms with van der Waals surface area (Å²) in [5.41, 5.74) is 1.31. The van der Waals surface area contributed by atoms with Gasteiger partial charge in [0.1, 0.15) is 10.8 Å². The second-order valence-corrected chi connectivity index (χ2v) is 5.98. The molecule has 0 spiro atoms. The Morgan fingerprint density at radius 3 is 2.83 bits per heavy atom. The van der Waals surface area contributed by atoms with E-state index in [-0.39, 0.29) is 19.1 Å². The van der Waals surface area contributed by atoms with E-state index in [0.717, 1.165) is 5.56 Å². The highest BCUT2D eigenvalue weighted by Gasteiger charge is 2.16. The molecule has 0 aliphatic carbocycles. The van der Waals surface area contributed by atoms with Crippen LogP contribution in [-0.4, -0.2) is 25.1 Å². The number of hydrogen-bond acceptors (Lipinski definition) is 5. The number of amides is 1. The SMILES string of the molecule is CCOC(=O)c1ccsc1NC(=O)COc1cc(C)ccc1Cl. The fourth-order valence-electron chi connectivity index (χ4n) is 1.80. The summed E-state index contributed by atoms with van der Waals surface area (Å²) >= 11 is 7.25. The molecule has 0 atom stereocenters. The number of carbonyl (C=O) groups is 2. The minimum absolute atomic E-state index is 0.205. The van der Waals surface area contributed by atoms with Crippen LogP contribution in [0.1, 0.15) is 22.8 Å². The normalized spacial score (nSPS) is 10.2. The van der Waals surface area contributed by atoms with Crippen molar-refractivity contribution in [1.29, 1.82) is 0 Å². The van der Waals surface area contributed by atoms with E-state index < -0.39 is 5.97 Å². The summed E-state index contributed by atoms with van der Waals surface area (Å²) in [7, 11) is 0. The number of carbonyl (C=O) groups excluding carboxylic acids is 2. The summed E-state index contributed by atoms with van der Waals surface area (Å²) in [6.45, 7) is 3.70. The van der Waals surface area contributed by atoms with E-state index in [2.05, 4.69) is 5.32 Å². The number of benzene rings is 1. The maximum absolute atomic E-state index is 12.0. The molecule has 122 valence electrons. The third-order valence-corrected chi connectivity index (χ3v) is 4.00. The smallest absolute Gasteiger partial charge is 0.341 e. The van der Waals surface area contributed by atoms with E-state index in [9.17, 15) is 9.59 Å². The molecule has 2 rings (SSSR count). The molecular formula is C16H16ClNO4S. The van der Waals surface area contributed by atoms with Gasteiger partial charge in [0, 0.05) is 0 Å². The largest absolute Gasteiger partial charge is 0.482 e. The number of thiophene rings is 1. The second-order valence-electron chi connectivity index (χ2n) is 4.65. The third-order valence-electron chi connectivity index (χ3n) is 2.86. The first-order valence-corrected chi connectivity index (χ1v) is 8.20. The van der Waals surface area contributed by atoms with Gasteiger partial charge >= 0.3 is 5.97 Å². The van der Waals surface area contributed by atoms with Crippen molar-refractivity contribution in [2.45, 2.75) is 13.8 Å². The van der Waals surface area contributed by atoms with Crippen LogP contribution in [0.3, 0.4) is 0 Å². The summed E-state index contributed by atoms with van der Waals surface area (Å²) < 4.78 is 10.4. The molecule has 0 fully saturated rings. The number of hydrogen-bond donors (Lipinski definition) is 1. The van der Waals surface area contributed by atoms with Gasteiger partial charge in [-0.1, -0.05) is 17.7 Å². The van der Waals surface area contributed by atoms with Crippen LogP contribution in [0.25, 0.3) is 0 Å². The number of halogens is 1. The Hall–Kier alpha value is -2.05. The summed E-state index contributed by atoms with van der Waals surface area (Å²) in [4.78, 5) is 23.7. The first-order chi connectivity index (χ1) is 11.0. The first-order valence-electron chi connectivity index (χ1n) is 6.94. The topological polar surface area (TPSA) is 64.6 Å². The zero-order valence-corrected chi connectivity index (χ0v) is 14.3. The average Bonchev–Trinajstić information content (AvgIpc) is 2.96. The van der Waals surface area contributed by atoms with Gasteiger partial charge < -0.3 is 14.8 Å². The van der Waals surface area contributed by atoms with Crippen LogP contribution in [0.5, 0.6) is 5.75 Å². The van der Waals surface area contributed by atoms with Crippen LogP contribution in [-0.2, 0) is 9.53 Å². The van der Waals surface area contributed by atoms with Crippen molar-refractivity contribution in [3.05, 3.63) is 45.8 Å². The highest BCUT2D eigenvalue weighted by Crippen LogP contribution is 2.26. The maximum Gasteiger partial charge on any atom is 0.341 e. The number of rotatable bonds is 6. The number of aryl methyl sites for hydroxylation is 1. The van der Waals surface area contributed by atoms with Gasteiger partial charge in [-0.25, -0.2) is 4.79 Å². The van der Waals surface area contributed by atoms with Crippen LogP contribution in [0.15, 0.2) is 29.6 Å². The Kier molecular flexibility index (Phi) is 6.01. The number of ether oxygens (including phenoxy) is 2. The van der Waals surface area contributed by atoms with Gasteiger partial charge in [0.15, 0.2) is 6.61 Å². The Bertz CT molecular complexity index is 714. The minimum atomic E-state index is -0.466. The molecule has 0 aliphatic heterocycles. The minimum Gasteiger partial charge on any atom is -0.482 e. The third kappa shape index (κ3) is 4.71. The molecule has 0 radical (unpaired) electrons. The second kappa shape index (κ2) is 7.99. The molecule has 23 heavy (non-hydrogen) atoms. The highest BCUT2D eigenvalue weighted by atomic mass is 35.5. The lowest BCUT2D eigenvalue weighted by molar-refractivity contribution is -0.118. The zero-order valence-electron chi connectivity index (χ0n) is 12.7. The van der Waals surface area contributed by atoms with Gasteiger partial charge in [0.05, 0.1) is 17.2 Å². The van der Waals surface area contributed by atoms with Crippen molar-refractivity contribution in [2.24, 2.45) is 0 Å². The molecule has 1 aromatic carbocycles. The lowest BCUT2D eigenvalue weighted by atomic mass is 10.2. The lowest BCUT2D eigenvalue weighted by Crippen LogP contribution is -2.21. The van der Waals surface area contributed by atoms with Gasteiger partial charge in [0.2, 0.25) is 0 Å². The van der Waals surface area contributed by atoms with E-state index in [1.165, 1.54) is 11.3 Å². The van der Waals surface area contributed by atoms with Crippen molar-refractivity contribution >= 4 is 39.8 Å². The molecule has 7 heteroatoms. The fourth-order valence-corrected chi connectivity index (χ4v) is 2.77. The van der Waals surface area contributed by atoms with E-state index in [4.69, 9.17) is 21.1 Å². The van der Waals surface area contributed by atoms with Crippen LogP contribution < -0.4 is 10.1 Å². The number of nitrogens with one attached hydrogen (secondary N) is 1. The molecule has 0 aliphatic rings. The quantitative estimate of drug-likeness (QED) is 0.800. The molecule has 1 aromatic heterocycles. The van der Waals surface area contributed by atoms with E-state index in [0.29, 0.717) is 21.3 Å². The van der Waals surface area contributed by atoms with Crippen molar-refractivity contribution in [3.63, 3.8) is 0 Å². The molecule has 0 saturated heterocycles. The molecular weight excluding hydrogens is 338 g/mol. The van der Waals surface area contributed by atoms with E-state index in [1.807, 2.05) is 13.0 Å². The fraction of sp³-hybridized carbons (Fsp3) is 0.250. The standard InChI is InChI=1S/C16H16ClNO4S/c1-3-21-16(20)11-6-7-23-15(11)18-14(19)9-22-13-8-10(2)4-5-12(13)17/h4-8H,3,9H2,1-2H3,(H,18,19). The van der Waals surface area contributed by atoms with Crippen LogP contribution in [0.2, 0.25) is 5.02 Å². The van der Waals surface area contributed by atoms with Gasteiger partial charge in [-0.3, -0.25) is 4.79 Å². The summed E-state index contributed by atoms with van der Waals surface area (Å²) in [6, 6.07) is 6.93. The molecule has 1 amide bonds. The monoisotopic (exact) mass is 353 g/mol.